The molecule has 1 aromatic carbocycles. The lowest BCUT2D eigenvalue weighted by atomic mass is 10.3. The van der Waals surface area contributed by atoms with E-state index in [0.717, 1.165) is 0 Å². The molecule has 0 aliphatic heterocycles. The maximum atomic E-state index is 11.5. The highest BCUT2D eigenvalue weighted by Gasteiger charge is 2.04. The fourth-order valence-corrected chi connectivity index (χ4v) is 1.94. The van der Waals surface area contributed by atoms with E-state index in [-0.39, 0.29) is 10.5 Å². The third-order valence-corrected chi connectivity index (χ3v) is 3.08. The molecule has 90 valence electrons. The van der Waals surface area contributed by atoms with Crippen LogP contribution in [0.5, 0.6) is 0 Å². The van der Waals surface area contributed by atoms with Crippen molar-refractivity contribution in [1.29, 1.82) is 0 Å². The van der Waals surface area contributed by atoms with Crippen molar-refractivity contribution in [2.24, 2.45) is 0 Å². The van der Waals surface area contributed by atoms with Crippen LogP contribution in [0.3, 0.4) is 0 Å². The molecule has 7 heteroatoms. The lowest BCUT2D eigenvalue weighted by molar-refractivity contribution is 0.463. The van der Waals surface area contributed by atoms with E-state index in [1.807, 2.05) is 0 Å². The quantitative estimate of drug-likeness (QED) is 0.782. The molecule has 0 aliphatic rings. The van der Waals surface area contributed by atoms with E-state index in [2.05, 4.69) is 5.10 Å². The first-order chi connectivity index (χ1) is 7.88. The highest BCUT2D eigenvalue weighted by molar-refractivity contribution is 7.85. The molecule has 0 unspecified atom stereocenters. The smallest absolute Gasteiger partial charge is 0.271 e. The van der Waals surface area contributed by atoms with E-state index in [1.165, 1.54) is 35.0 Å². The van der Waals surface area contributed by atoms with Crippen molar-refractivity contribution in [3.05, 3.63) is 46.4 Å². The molecule has 0 spiro atoms. The van der Waals surface area contributed by atoms with Gasteiger partial charge in [0, 0.05) is 11.8 Å². The first-order valence-electron chi connectivity index (χ1n) is 4.73. The average Bonchev–Trinajstić information content (AvgIpc) is 2.57. The summed E-state index contributed by atoms with van der Waals surface area (Å²) in [6, 6.07) is 6.53. The number of aromatic amines is 1. The highest BCUT2D eigenvalue weighted by Crippen LogP contribution is 2.11. The molecule has 0 amide bonds. The molecule has 0 atom stereocenters. The van der Waals surface area contributed by atoms with Gasteiger partial charge in [-0.2, -0.15) is 0 Å². The third-order valence-electron chi connectivity index (χ3n) is 2.23. The number of hydrogen-bond donors (Lipinski definition) is 1. The molecule has 6 nitrogen and oxygen atoms in total. The summed E-state index contributed by atoms with van der Waals surface area (Å²) in [5, 5.41) is 2.80. The van der Waals surface area contributed by atoms with Gasteiger partial charge in [-0.05, 0) is 31.2 Å². The minimum absolute atomic E-state index is 0.250. The van der Waals surface area contributed by atoms with Crippen molar-refractivity contribution in [2.45, 2.75) is 11.8 Å². The molecule has 1 N–H and O–H groups in total. The number of hydrogen-bond acceptors (Lipinski definition) is 4. The van der Waals surface area contributed by atoms with E-state index in [1.54, 1.807) is 6.92 Å². The molecule has 0 bridgehead atoms. The van der Waals surface area contributed by atoms with Crippen LogP contribution in [0.25, 0.3) is 5.69 Å². The van der Waals surface area contributed by atoms with Gasteiger partial charge in [-0.3, -0.25) is 9.89 Å². The Morgan fingerprint density at radius 2 is 1.82 bits per heavy atom. The van der Waals surface area contributed by atoms with Crippen molar-refractivity contribution < 1.29 is 13.0 Å². The Labute approximate surface area is 97.3 Å². The number of aromatic nitrogens is 2. The van der Waals surface area contributed by atoms with Crippen LogP contribution < -0.4 is 5.56 Å². The van der Waals surface area contributed by atoms with Crippen LogP contribution in [0.15, 0.2) is 40.0 Å². The van der Waals surface area contributed by atoms with Crippen LogP contribution in [-0.2, 0) is 10.1 Å². The summed E-state index contributed by atoms with van der Waals surface area (Å²) < 4.78 is 33.4. The summed E-state index contributed by atoms with van der Waals surface area (Å²) >= 11 is 0. The molecule has 0 aliphatic carbocycles. The average molecular weight is 253 g/mol. The van der Waals surface area contributed by atoms with Crippen molar-refractivity contribution in [1.82, 2.24) is 9.78 Å². The van der Waals surface area contributed by atoms with Crippen molar-refractivity contribution in [3.63, 3.8) is 0 Å². The minimum Gasteiger partial charge on any atom is -0.744 e. The van der Waals surface area contributed by atoms with Gasteiger partial charge in [-0.25, -0.2) is 13.1 Å². The summed E-state index contributed by atoms with van der Waals surface area (Å²) in [6.07, 6.45) is 0. The lowest BCUT2D eigenvalue weighted by Crippen LogP contribution is -2.13. The summed E-state index contributed by atoms with van der Waals surface area (Å²) in [7, 11) is -4.45. The van der Waals surface area contributed by atoms with Crippen LogP contribution in [0.2, 0.25) is 0 Å². The van der Waals surface area contributed by atoms with E-state index in [9.17, 15) is 17.8 Å². The fourth-order valence-electron chi connectivity index (χ4n) is 1.47. The summed E-state index contributed by atoms with van der Waals surface area (Å²) in [5.41, 5.74) is 0.909. The van der Waals surface area contributed by atoms with Gasteiger partial charge in [0.25, 0.3) is 5.56 Å². The molecule has 2 aromatic rings. The Morgan fingerprint density at radius 3 is 2.24 bits per heavy atom. The van der Waals surface area contributed by atoms with Gasteiger partial charge < -0.3 is 4.55 Å². The first-order valence-corrected chi connectivity index (χ1v) is 6.14. The van der Waals surface area contributed by atoms with E-state index in [0.29, 0.717) is 11.4 Å². The Morgan fingerprint density at radius 1 is 1.24 bits per heavy atom. The lowest BCUT2D eigenvalue weighted by Gasteiger charge is -2.07. The van der Waals surface area contributed by atoms with Crippen LogP contribution in [-0.4, -0.2) is 22.8 Å². The number of rotatable bonds is 2. The van der Waals surface area contributed by atoms with Gasteiger partial charge in [-0.15, -0.1) is 0 Å². The minimum atomic E-state index is -4.45. The molecule has 0 radical (unpaired) electrons. The van der Waals surface area contributed by atoms with Crippen LogP contribution >= 0.6 is 0 Å². The van der Waals surface area contributed by atoms with Crippen molar-refractivity contribution in [3.8, 4) is 5.69 Å². The van der Waals surface area contributed by atoms with Crippen molar-refractivity contribution >= 4 is 10.1 Å². The molecule has 17 heavy (non-hydrogen) atoms. The zero-order valence-electron chi connectivity index (χ0n) is 8.88. The molecule has 0 saturated heterocycles. The van der Waals surface area contributed by atoms with Gasteiger partial charge in [0.1, 0.15) is 10.1 Å². The number of aryl methyl sites for hydroxylation is 1. The molecular weight excluding hydrogens is 244 g/mol. The van der Waals surface area contributed by atoms with Gasteiger partial charge in [0.05, 0.1) is 10.6 Å². The Balaban J connectivity index is 2.50. The van der Waals surface area contributed by atoms with Gasteiger partial charge in [0.2, 0.25) is 0 Å². The van der Waals surface area contributed by atoms with E-state index in [4.69, 9.17) is 0 Å². The molecule has 0 fully saturated rings. The summed E-state index contributed by atoms with van der Waals surface area (Å²) in [4.78, 5) is 11.2. The topological polar surface area (TPSA) is 95.0 Å². The number of nitrogens with zero attached hydrogens (tertiary/aromatic N) is 1. The number of benzene rings is 1. The monoisotopic (exact) mass is 253 g/mol. The fraction of sp³-hybridized carbons (Fsp3) is 0.100. The van der Waals surface area contributed by atoms with Gasteiger partial charge in [-0.1, -0.05) is 0 Å². The summed E-state index contributed by atoms with van der Waals surface area (Å²) in [6.45, 7) is 1.73. The van der Waals surface area contributed by atoms with Crippen LogP contribution in [0.4, 0.5) is 0 Å². The standard InChI is InChI=1S/C10H10N2O4S/c1-7-6-10(13)12(11-7)8-2-4-9(5-3-8)17(14,15)16/h2-6,11H,1H3,(H,14,15,16)/p-1. The highest BCUT2D eigenvalue weighted by atomic mass is 32.2. The van der Waals surface area contributed by atoms with Gasteiger partial charge in [0.15, 0.2) is 0 Å². The Kier molecular flexibility index (Phi) is 2.64. The molecule has 1 heterocycles. The van der Waals surface area contributed by atoms with Crippen LogP contribution in [0.1, 0.15) is 5.69 Å². The Hall–Kier alpha value is -1.86. The van der Waals surface area contributed by atoms with Crippen molar-refractivity contribution in [2.75, 3.05) is 0 Å². The van der Waals surface area contributed by atoms with E-state index < -0.39 is 10.1 Å². The molecule has 1 aromatic heterocycles. The first kappa shape index (κ1) is 11.6. The second kappa shape index (κ2) is 3.86. The largest absolute Gasteiger partial charge is 0.744 e. The maximum absolute atomic E-state index is 11.5. The second-order valence-electron chi connectivity index (χ2n) is 3.56. The third kappa shape index (κ3) is 2.29. The molecular formula is C10H9N2O4S-. The zero-order valence-corrected chi connectivity index (χ0v) is 9.69. The zero-order chi connectivity index (χ0) is 12.6. The van der Waals surface area contributed by atoms with Gasteiger partial charge >= 0.3 is 0 Å². The number of H-pyrrole nitrogens is 1. The molecule has 0 saturated carbocycles. The SMILES string of the molecule is Cc1cc(=O)n(-c2ccc(S(=O)(=O)[O-])cc2)[nH]1. The summed E-state index contributed by atoms with van der Waals surface area (Å²) in [5.74, 6) is 0. The Bertz CT molecular complexity index is 695. The molecule has 2 rings (SSSR count). The van der Waals surface area contributed by atoms with E-state index >= 15 is 0 Å². The predicted octanol–water partition coefficient (Wildman–Crippen LogP) is 0.378. The number of nitrogens with one attached hydrogen (secondary N) is 1. The second-order valence-corrected chi connectivity index (χ2v) is 4.94. The predicted molar refractivity (Wildman–Crippen MR) is 59.1 cm³/mol. The van der Waals surface area contributed by atoms with Crippen LogP contribution in [0, 0.1) is 6.92 Å². The maximum Gasteiger partial charge on any atom is 0.271 e. The normalized spacial score (nSPS) is 11.6.